The Kier molecular flexibility index (Phi) is 12.2. The van der Waals surface area contributed by atoms with Crippen LogP contribution in [-0.4, -0.2) is 42.6 Å². The van der Waals surface area contributed by atoms with Crippen LogP contribution in [0.2, 0.25) is 0 Å². The Morgan fingerprint density at radius 1 is 0.316 bits per heavy atom. The number of rotatable bonds is 12. The van der Waals surface area contributed by atoms with Crippen molar-refractivity contribution < 1.29 is 47.7 Å². The number of nitrogens with zero attached hydrogens (tertiary/aromatic N) is 3. The molecule has 13 heteroatoms. The summed E-state index contributed by atoms with van der Waals surface area (Å²) in [4.78, 5) is 85.5. The fourth-order valence-electron chi connectivity index (χ4n) is 9.81. The number of ether oxygens (including phenoxy) is 4. The molecule has 9 aromatic rings. The lowest BCUT2D eigenvalue weighted by atomic mass is 9.78. The van der Waals surface area contributed by atoms with E-state index in [0.717, 1.165) is 31.4 Å². The van der Waals surface area contributed by atoms with Crippen LogP contribution in [0.25, 0.3) is 0 Å². The molecule has 3 aliphatic heterocycles. The molecule has 0 N–H and O–H groups in total. The highest BCUT2D eigenvalue weighted by molar-refractivity contribution is 6.37. The van der Waals surface area contributed by atoms with Crippen LogP contribution in [0.15, 0.2) is 206 Å². The molecular formula is C66H43N3O10. The summed E-state index contributed by atoms with van der Waals surface area (Å²) in [5, 5.41) is 0. The average molecular weight is 1040 g/mol. The van der Waals surface area contributed by atoms with E-state index in [0.29, 0.717) is 51.5 Å². The molecule has 0 radical (unpaired) electrons. The highest BCUT2D eigenvalue weighted by Gasteiger charge is 2.41. The van der Waals surface area contributed by atoms with Gasteiger partial charge in [-0.25, -0.2) is 14.7 Å². The number of anilines is 3. The maximum atomic E-state index is 14.0. The van der Waals surface area contributed by atoms with E-state index in [-0.39, 0.29) is 44.8 Å². The van der Waals surface area contributed by atoms with Gasteiger partial charge in [-0.05, 0) is 157 Å². The molecule has 3 heterocycles. The highest BCUT2D eigenvalue weighted by atomic mass is 16.5. The van der Waals surface area contributed by atoms with E-state index in [2.05, 4.69) is 25.7 Å². The number of benzene rings is 9. The molecule has 3 aliphatic rings. The van der Waals surface area contributed by atoms with Crippen LogP contribution in [0.1, 0.15) is 98.2 Å². The summed E-state index contributed by atoms with van der Waals surface area (Å²) in [5.74, 6) is 6.57. The fourth-order valence-corrected chi connectivity index (χ4v) is 9.81. The maximum Gasteiger partial charge on any atom is 0.266 e. The molecule has 0 aliphatic carbocycles. The van der Waals surface area contributed by atoms with Gasteiger partial charge in [0.05, 0.1) is 57.6 Å². The van der Waals surface area contributed by atoms with Crippen LogP contribution in [-0.2, 0) is 5.41 Å². The van der Waals surface area contributed by atoms with Gasteiger partial charge < -0.3 is 18.9 Å². The molecular weight excluding hydrogens is 995 g/mol. The zero-order chi connectivity index (χ0) is 54.5. The highest BCUT2D eigenvalue weighted by Crippen LogP contribution is 2.39. The van der Waals surface area contributed by atoms with Gasteiger partial charge in [0.25, 0.3) is 35.4 Å². The molecule has 0 bridgehead atoms. The molecule has 9 aromatic carbocycles. The van der Waals surface area contributed by atoms with Gasteiger partial charge in [0.2, 0.25) is 0 Å². The monoisotopic (exact) mass is 1040 g/mol. The van der Waals surface area contributed by atoms with Crippen LogP contribution >= 0.6 is 0 Å². The van der Waals surface area contributed by atoms with E-state index in [1.807, 2.05) is 91.0 Å². The van der Waals surface area contributed by atoms with Gasteiger partial charge in [0.15, 0.2) is 0 Å². The van der Waals surface area contributed by atoms with Crippen molar-refractivity contribution in [1.82, 2.24) is 0 Å². The predicted molar refractivity (Wildman–Crippen MR) is 296 cm³/mol. The predicted octanol–water partition coefficient (Wildman–Crippen LogP) is 13.2. The summed E-state index contributed by atoms with van der Waals surface area (Å²) in [6.07, 6.45) is 0. The van der Waals surface area contributed by atoms with E-state index in [4.69, 9.17) is 18.9 Å². The van der Waals surface area contributed by atoms with Crippen LogP contribution in [0.3, 0.4) is 0 Å². The maximum absolute atomic E-state index is 14.0. The number of imide groups is 3. The largest absolute Gasteiger partial charge is 0.497 e. The van der Waals surface area contributed by atoms with Gasteiger partial charge in [-0.3, -0.25) is 28.8 Å². The minimum Gasteiger partial charge on any atom is -0.497 e. The lowest BCUT2D eigenvalue weighted by Crippen LogP contribution is -2.31. The number of methoxy groups -OCH3 is 1. The van der Waals surface area contributed by atoms with Crippen molar-refractivity contribution in [1.29, 1.82) is 0 Å². The molecule has 0 saturated carbocycles. The molecule has 0 atom stereocenters. The van der Waals surface area contributed by atoms with Gasteiger partial charge in [-0.1, -0.05) is 80.3 Å². The number of hydrogen-bond donors (Lipinski definition) is 0. The van der Waals surface area contributed by atoms with Crippen LogP contribution in [0.4, 0.5) is 17.1 Å². The quantitative estimate of drug-likeness (QED) is 0.0855. The Labute approximate surface area is 453 Å². The number of fused-ring (bicyclic) bond motifs is 3. The van der Waals surface area contributed by atoms with E-state index < -0.39 is 40.9 Å². The van der Waals surface area contributed by atoms with Crippen molar-refractivity contribution in [3.63, 3.8) is 0 Å². The van der Waals surface area contributed by atoms with Crippen LogP contribution < -0.4 is 33.6 Å². The fraction of sp³-hybridized carbons (Fsp3) is 0.0606. The summed E-state index contributed by atoms with van der Waals surface area (Å²) in [6.45, 7) is 4.19. The molecule has 0 spiro atoms. The normalized spacial score (nSPS) is 13.5. The Bertz CT molecular complexity index is 4080. The zero-order valence-corrected chi connectivity index (χ0v) is 42.6. The van der Waals surface area contributed by atoms with Gasteiger partial charge in [-0.2, -0.15) is 0 Å². The van der Waals surface area contributed by atoms with E-state index >= 15 is 0 Å². The Morgan fingerprint density at radius 3 is 1.22 bits per heavy atom. The van der Waals surface area contributed by atoms with E-state index in [1.165, 1.54) is 12.1 Å². The lowest BCUT2D eigenvalue weighted by Gasteiger charge is -2.26. The number of hydrogen-bond acceptors (Lipinski definition) is 10. The first-order chi connectivity index (χ1) is 38.3. The molecule has 6 amide bonds. The summed E-state index contributed by atoms with van der Waals surface area (Å²) >= 11 is 0. The molecule has 0 unspecified atom stereocenters. The first-order valence-electron chi connectivity index (χ1n) is 25.1. The van der Waals surface area contributed by atoms with Crippen LogP contribution in [0, 0.1) is 11.8 Å². The standard InChI is InChI=1S/C66H43N3O10/c1-66(2,42-18-24-47(25-19-42)78-52-30-33-55-58(38-52)64(74)67(60(55)70)44-22-28-49(29-23-44)77-51-14-8-13-50(37-51)76-3)43-20-26-48(27-21-43)79-53-31-34-56-59(39-53)65(75)69(62(56)72)46-12-7-11-45(36-46)68-61(71)54-32-17-41(35-57(54)63(68)73)16-15-40-9-5-4-6-10-40/h4-14,17-39H,1-3H3. The smallest absolute Gasteiger partial charge is 0.266 e. The minimum absolute atomic E-state index is 0.143. The molecule has 382 valence electrons. The van der Waals surface area contributed by atoms with Gasteiger partial charge >= 0.3 is 0 Å². The lowest BCUT2D eigenvalue weighted by molar-refractivity contribution is 0.0909. The molecule has 0 aromatic heterocycles. The number of carbonyl (C=O) groups excluding carboxylic acids is 6. The molecule has 13 nitrogen and oxygen atoms in total. The average Bonchev–Trinajstić information content (AvgIpc) is 4.19. The summed E-state index contributed by atoms with van der Waals surface area (Å²) < 4.78 is 23.6. The first-order valence-corrected chi connectivity index (χ1v) is 25.1. The second kappa shape index (κ2) is 19.7. The van der Waals surface area contributed by atoms with Crippen molar-refractivity contribution >= 4 is 52.5 Å². The molecule has 0 saturated heterocycles. The molecule has 12 rings (SSSR count). The first kappa shape index (κ1) is 49.1. The third kappa shape index (κ3) is 9.09. The topological polar surface area (TPSA) is 149 Å². The number of carbonyl (C=O) groups is 6. The molecule has 79 heavy (non-hydrogen) atoms. The molecule has 0 fully saturated rings. The van der Waals surface area contributed by atoms with Crippen molar-refractivity contribution in [2.45, 2.75) is 19.3 Å². The van der Waals surface area contributed by atoms with Crippen LogP contribution in [0.5, 0.6) is 40.2 Å². The zero-order valence-electron chi connectivity index (χ0n) is 42.6. The number of amides is 6. The second-order valence-corrected chi connectivity index (χ2v) is 19.3. The summed E-state index contributed by atoms with van der Waals surface area (Å²) in [5.41, 5.74) is 5.00. The van der Waals surface area contributed by atoms with E-state index in [9.17, 15) is 28.8 Å². The SMILES string of the molecule is COc1cccc(Oc2ccc(N3C(=O)c4ccc(Oc5ccc(C(C)(C)c6ccc(Oc7ccc8c(c7)C(=O)N(c7cccc(N9C(=O)c%10ccc(C#Cc%11ccccc%11)cc%10C9=O)c7)C8=O)cc6)cc5)cc4C3=O)cc2)c1. The third-order valence-corrected chi connectivity index (χ3v) is 14.1. The van der Waals surface area contributed by atoms with E-state index in [1.54, 1.807) is 110 Å². The Hall–Kier alpha value is -10.8. The van der Waals surface area contributed by atoms with Gasteiger partial charge in [0.1, 0.15) is 40.2 Å². The van der Waals surface area contributed by atoms with Crippen molar-refractivity contribution in [3.8, 4) is 52.1 Å². The minimum atomic E-state index is -0.582. The summed E-state index contributed by atoms with van der Waals surface area (Å²) in [6, 6.07) is 59.2. The van der Waals surface area contributed by atoms with Crippen molar-refractivity contribution in [2.24, 2.45) is 0 Å². The Morgan fingerprint density at radius 2 is 0.709 bits per heavy atom. The van der Waals surface area contributed by atoms with Crippen molar-refractivity contribution in [3.05, 3.63) is 262 Å². The second-order valence-electron chi connectivity index (χ2n) is 19.3. The Balaban J connectivity index is 0.679. The summed E-state index contributed by atoms with van der Waals surface area (Å²) in [7, 11) is 1.58. The van der Waals surface area contributed by atoms with Gasteiger partial charge in [-0.15, -0.1) is 0 Å². The van der Waals surface area contributed by atoms with Crippen molar-refractivity contribution in [2.75, 3.05) is 21.8 Å². The van der Waals surface area contributed by atoms with Gasteiger partial charge in [0, 0.05) is 22.6 Å². The third-order valence-electron chi connectivity index (χ3n) is 14.1.